The minimum atomic E-state index is -0.216. The maximum Gasteiger partial charge on any atom is 0.273 e. The van der Waals surface area contributed by atoms with E-state index in [-0.39, 0.29) is 5.91 Å². The van der Waals surface area contributed by atoms with Gasteiger partial charge in [-0.05, 0) is 52.3 Å². The number of hydrogen-bond donors (Lipinski definition) is 2. The van der Waals surface area contributed by atoms with Crippen LogP contribution in [0.3, 0.4) is 0 Å². The van der Waals surface area contributed by atoms with Crippen LogP contribution in [-0.4, -0.2) is 11.0 Å². The molecule has 4 rings (SSSR count). The van der Waals surface area contributed by atoms with Gasteiger partial charge in [0.1, 0.15) is 18.1 Å². The first kappa shape index (κ1) is 16.3. The molecule has 1 aliphatic heterocycles. The summed E-state index contributed by atoms with van der Waals surface area (Å²) in [6.45, 7) is 0.500. The number of carbonyl (C=O) groups excluding carboxylic acids is 1. The van der Waals surface area contributed by atoms with E-state index in [9.17, 15) is 4.79 Å². The van der Waals surface area contributed by atoms with Crippen LogP contribution in [0.25, 0.3) is 16.8 Å². The molecule has 1 heterocycles. The number of thiocarbonyl (C=S) groups is 1. The van der Waals surface area contributed by atoms with Crippen LogP contribution in [0.15, 0.2) is 72.4 Å². The average Bonchev–Trinajstić information content (AvgIpc) is 2.98. The molecule has 0 aromatic heterocycles. The lowest BCUT2D eigenvalue weighted by molar-refractivity contribution is -0.115. The SMILES string of the molecule is O=C1NC(=S)N/C1=C/c1ccc(OCc2cccc3ccccc23)cc1. The van der Waals surface area contributed by atoms with Gasteiger partial charge in [0, 0.05) is 0 Å². The molecule has 1 amide bonds. The Hall–Kier alpha value is -3.18. The van der Waals surface area contributed by atoms with Crippen molar-refractivity contribution in [1.82, 2.24) is 10.6 Å². The van der Waals surface area contributed by atoms with Crippen molar-refractivity contribution in [3.05, 3.63) is 83.6 Å². The number of amides is 1. The predicted octanol–water partition coefficient (Wildman–Crippen LogP) is 3.76. The topological polar surface area (TPSA) is 50.4 Å². The van der Waals surface area contributed by atoms with Gasteiger partial charge in [-0.1, -0.05) is 54.6 Å². The fraction of sp³-hybridized carbons (Fsp3) is 0.0476. The Morgan fingerprint density at radius 2 is 1.69 bits per heavy atom. The third-order valence-electron chi connectivity index (χ3n) is 4.19. The van der Waals surface area contributed by atoms with Crippen molar-refractivity contribution >= 4 is 40.1 Å². The molecule has 0 aliphatic carbocycles. The van der Waals surface area contributed by atoms with Crippen LogP contribution < -0.4 is 15.4 Å². The molecule has 0 saturated carbocycles. The van der Waals surface area contributed by atoms with Crippen molar-refractivity contribution in [2.75, 3.05) is 0 Å². The number of nitrogens with one attached hydrogen (secondary N) is 2. The second kappa shape index (κ2) is 6.98. The lowest BCUT2D eigenvalue weighted by Gasteiger charge is -2.09. The molecular formula is C21H16N2O2S. The van der Waals surface area contributed by atoms with Gasteiger partial charge < -0.3 is 10.1 Å². The molecule has 4 nitrogen and oxygen atoms in total. The highest BCUT2D eigenvalue weighted by Crippen LogP contribution is 2.21. The highest BCUT2D eigenvalue weighted by Gasteiger charge is 2.19. The number of ether oxygens (including phenoxy) is 1. The van der Waals surface area contributed by atoms with Crippen LogP contribution in [0.1, 0.15) is 11.1 Å². The van der Waals surface area contributed by atoms with Crippen LogP contribution >= 0.6 is 12.2 Å². The van der Waals surface area contributed by atoms with Crippen molar-refractivity contribution in [2.24, 2.45) is 0 Å². The number of rotatable bonds is 4. The van der Waals surface area contributed by atoms with E-state index in [1.807, 2.05) is 42.5 Å². The highest BCUT2D eigenvalue weighted by atomic mass is 32.1. The Balaban J connectivity index is 1.47. The Bertz CT molecular complexity index is 1020. The maximum absolute atomic E-state index is 11.7. The van der Waals surface area contributed by atoms with Gasteiger partial charge in [0.05, 0.1) is 0 Å². The molecule has 0 radical (unpaired) electrons. The molecule has 0 bridgehead atoms. The summed E-state index contributed by atoms with van der Waals surface area (Å²) in [6.07, 6.45) is 1.75. The van der Waals surface area contributed by atoms with Gasteiger partial charge in [-0.3, -0.25) is 10.1 Å². The van der Waals surface area contributed by atoms with Crippen molar-refractivity contribution in [3.63, 3.8) is 0 Å². The molecule has 1 fully saturated rings. The fourth-order valence-corrected chi connectivity index (χ4v) is 3.09. The third kappa shape index (κ3) is 3.43. The molecule has 3 aromatic rings. The number of carbonyl (C=O) groups is 1. The van der Waals surface area contributed by atoms with Gasteiger partial charge in [0.15, 0.2) is 5.11 Å². The van der Waals surface area contributed by atoms with Crippen LogP contribution in [0, 0.1) is 0 Å². The molecule has 5 heteroatoms. The standard InChI is InChI=1S/C21H16N2O2S/c24-20-19(22-21(26)23-20)12-14-8-10-17(11-9-14)25-13-16-6-3-5-15-4-1-2-7-18(15)16/h1-12H,13H2,(H2,22,23,24,26)/b19-12+. The van der Waals surface area contributed by atoms with E-state index in [1.165, 1.54) is 10.8 Å². The largest absolute Gasteiger partial charge is 0.489 e. The molecule has 3 aromatic carbocycles. The van der Waals surface area contributed by atoms with E-state index in [1.54, 1.807) is 6.08 Å². The second-order valence-electron chi connectivity index (χ2n) is 5.96. The van der Waals surface area contributed by atoms with E-state index in [2.05, 4.69) is 34.9 Å². The summed E-state index contributed by atoms with van der Waals surface area (Å²) in [4.78, 5) is 11.7. The summed E-state index contributed by atoms with van der Waals surface area (Å²) in [5, 5.41) is 8.11. The zero-order valence-electron chi connectivity index (χ0n) is 13.9. The predicted molar refractivity (Wildman–Crippen MR) is 107 cm³/mol. The number of hydrogen-bond acceptors (Lipinski definition) is 3. The fourth-order valence-electron chi connectivity index (χ4n) is 2.89. The van der Waals surface area contributed by atoms with Gasteiger partial charge in [0.2, 0.25) is 0 Å². The monoisotopic (exact) mass is 360 g/mol. The van der Waals surface area contributed by atoms with E-state index < -0.39 is 0 Å². The molecule has 0 spiro atoms. The van der Waals surface area contributed by atoms with Crippen molar-refractivity contribution in [3.8, 4) is 5.75 Å². The van der Waals surface area contributed by atoms with Gasteiger partial charge in [-0.25, -0.2) is 0 Å². The van der Waals surface area contributed by atoms with E-state index in [4.69, 9.17) is 17.0 Å². The van der Waals surface area contributed by atoms with Gasteiger partial charge >= 0.3 is 0 Å². The van der Waals surface area contributed by atoms with E-state index in [0.717, 1.165) is 16.9 Å². The molecule has 2 N–H and O–H groups in total. The van der Waals surface area contributed by atoms with Gasteiger partial charge in [-0.15, -0.1) is 0 Å². The first-order valence-electron chi connectivity index (χ1n) is 8.22. The third-order valence-corrected chi connectivity index (χ3v) is 4.39. The molecule has 0 unspecified atom stereocenters. The lowest BCUT2D eigenvalue weighted by Crippen LogP contribution is -2.21. The number of fused-ring (bicyclic) bond motifs is 1. The quantitative estimate of drug-likeness (QED) is 0.549. The zero-order valence-corrected chi connectivity index (χ0v) is 14.7. The molecule has 0 atom stereocenters. The summed E-state index contributed by atoms with van der Waals surface area (Å²) in [6, 6.07) is 22.1. The Morgan fingerprint density at radius 1 is 0.923 bits per heavy atom. The Kier molecular flexibility index (Phi) is 4.37. The van der Waals surface area contributed by atoms with Gasteiger partial charge in [-0.2, -0.15) is 0 Å². The summed E-state index contributed by atoms with van der Waals surface area (Å²) in [5.74, 6) is 0.561. The van der Waals surface area contributed by atoms with Crippen LogP contribution in [0.2, 0.25) is 0 Å². The zero-order chi connectivity index (χ0) is 17.9. The minimum absolute atomic E-state index is 0.216. The first-order valence-corrected chi connectivity index (χ1v) is 8.63. The van der Waals surface area contributed by atoms with Crippen molar-refractivity contribution < 1.29 is 9.53 Å². The molecule has 1 aliphatic rings. The van der Waals surface area contributed by atoms with E-state index >= 15 is 0 Å². The lowest BCUT2D eigenvalue weighted by atomic mass is 10.1. The Labute approximate surface area is 156 Å². The maximum atomic E-state index is 11.7. The van der Waals surface area contributed by atoms with Crippen LogP contribution in [-0.2, 0) is 11.4 Å². The normalized spacial score (nSPS) is 15.2. The molecular weight excluding hydrogens is 344 g/mol. The van der Waals surface area contributed by atoms with Crippen molar-refractivity contribution in [2.45, 2.75) is 6.61 Å². The van der Waals surface area contributed by atoms with Crippen molar-refractivity contribution in [1.29, 1.82) is 0 Å². The Morgan fingerprint density at radius 3 is 2.46 bits per heavy atom. The summed E-state index contributed by atoms with van der Waals surface area (Å²) >= 11 is 4.92. The first-order chi connectivity index (χ1) is 12.7. The summed E-state index contributed by atoms with van der Waals surface area (Å²) < 4.78 is 5.93. The molecule has 1 saturated heterocycles. The molecule has 26 heavy (non-hydrogen) atoms. The number of benzene rings is 3. The van der Waals surface area contributed by atoms with Gasteiger partial charge in [0.25, 0.3) is 5.91 Å². The smallest absolute Gasteiger partial charge is 0.273 e. The minimum Gasteiger partial charge on any atom is -0.489 e. The second-order valence-corrected chi connectivity index (χ2v) is 6.37. The highest BCUT2D eigenvalue weighted by molar-refractivity contribution is 7.80. The van der Waals surface area contributed by atoms with Crippen LogP contribution in [0.5, 0.6) is 5.75 Å². The summed E-state index contributed by atoms with van der Waals surface area (Å²) in [7, 11) is 0. The van der Waals surface area contributed by atoms with E-state index in [0.29, 0.717) is 17.4 Å². The molecule has 128 valence electrons. The average molecular weight is 360 g/mol. The van der Waals surface area contributed by atoms with Crippen LogP contribution in [0.4, 0.5) is 0 Å². The summed E-state index contributed by atoms with van der Waals surface area (Å²) in [5.41, 5.74) is 2.49.